The molecule has 1 rings (SSSR count). The van der Waals surface area contributed by atoms with Crippen molar-refractivity contribution in [2.24, 2.45) is 5.92 Å². The summed E-state index contributed by atoms with van der Waals surface area (Å²) >= 11 is 0. The summed E-state index contributed by atoms with van der Waals surface area (Å²) in [6, 6.07) is 6.28. The van der Waals surface area contributed by atoms with Gasteiger partial charge in [0.15, 0.2) is 0 Å². The smallest absolute Gasteiger partial charge is 0.322 e. The summed E-state index contributed by atoms with van der Waals surface area (Å²) in [7, 11) is 1.44. The second-order valence-corrected chi connectivity index (χ2v) is 5.95. The number of rotatable bonds is 6. The summed E-state index contributed by atoms with van der Waals surface area (Å²) in [6.07, 6.45) is 0.780. The van der Waals surface area contributed by atoms with E-state index >= 15 is 0 Å². The van der Waals surface area contributed by atoms with Gasteiger partial charge in [-0.15, -0.1) is 0 Å². The molecule has 0 bridgehead atoms. The fourth-order valence-corrected chi connectivity index (χ4v) is 2.46. The molecule has 0 radical (unpaired) electrons. The standard InChI is InChI=1S/C17H27NO2/c1-11(2)9-16(17(19)20-6)18-14(5)15-10-12(3)7-8-13(15)4/h7-8,10-11,14,16,18H,9H2,1-6H3. The summed E-state index contributed by atoms with van der Waals surface area (Å²) in [5.74, 6) is 0.258. The minimum absolute atomic E-state index is 0.123. The summed E-state index contributed by atoms with van der Waals surface area (Å²) in [6.45, 7) is 10.5. The molecule has 3 nitrogen and oxygen atoms in total. The van der Waals surface area contributed by atoms with E-state index in [0.717, 1.165) is 6.42 Å². The van der Waals surface area contributed by atoms with Crippen molar-refractivity contribution in [3.8, 4) is 0 Å². The van der Waals surface area contributed by atoms with Gasteiger partial charge in [0.1, 0.15) is 6.04 Å². The zero-order chi connectivity index (χ0) is 15.3. The van der Waals surface area contributed by atoms with E-state index in [2.05, 4.69) is 58.1 Å². The van der Waals surface area contributed by atoms with E-state index in [1.807, 2.05) is 0 Å². The molecular weight excluding hydrogens is 250 g/mol. The third-order valence-electron chi connectivity index (χ3n) is 3.55. The number of esters is 1. The summed E-state index contributed by atoms with van der Waals surface area (Å²) in [5.41, 5.74) is 3.71. The highest BCUT2D eigenvalue weighted by atomic mass is 16.5. The zero-order valence-electron chi connectivity index (χ0n) is 13.5. The number of hydrogen-bond acceptors (Lipinski definition) is 3. The maximum Gasteiger partial charge on any atom is 0.322 e. The van der Waals surface area contributed by atoms with Crippen LogP contribution in [0.3, 0.4) is 0 Å². The Morgan fingerprint density at radius 1 is 1.25 bits per heavy atom. The van der Waals surface area contributed by atoms with Gasteiger partial charge in [0.2, 0.25) is 0 Å². The molecule has 0 fully saturated rings. The maximum absolute atomic E-state index is 11.9. The molecule has 1 N–H and O–H groups in total. The third kappa shape index (κ3) is 4.64. The molecule has 0 aliphatic rings. The van der Waals surface area contributed by atoms with Crippen LogP contribution in [0.1, 0.15) is 49.9 Å². The minimum atomic E-state index is -0.255. The molecule has 2 unspecified atom stereocenters. The molecule has 0 aromatic heterocycles. The van der Waals surface area contributed by atoms with Gasteiger partial charge in [0.25, 0.3) is 0 Å². The van der Waals surface area contributed by atoms with Gasteiger partial charge in [-0.05, 0) is 44.2 Å². The Morgan fingerprint density at radius 3 is 2.45 bits per heavy atom. The second kappa shape index (κ2) is 7.44. The van der Waals surface area contributed by atoms with Crippen LogP contribution in [0, 0.1) is 19.8 Å². The van der Waals surface area contributed by atoms with Gasteiger partial charge >= 0.3 is 5.97 Å². The fraction of sp³-hybridized carbons (Fsp3) is 0.588. The normalized spacial score (nSPS) is 14.2. The van der Waals surface area contributed by atoms with Gasteiger partial charge < -0.3 is 4.74 Å². The number of aryl methyl sites for hydroxylation is 2. The zero-order valence-corrected chi connectivity index (χ0v) is 13.5. The summed E-state index contributed by atoms with van der Waals surface area (Å²) in [5, 5.41) is 3.41. The molecule has 1 aromatic carbocycles. The van der Waals surface area contributed by atoms with Crippen molar-refractivity contribution in [2.45, 2.75) is 53.1 Å². The first-order valence-electron chi connectivity index (χ1n) is 7.26. The van der Waals surface area contributed by atoms with Crippen molar-refractivity contribution >= 4 is 5.97 Å². The number of ether oxygens (including phenoxy) is 1. The Morgan fingerprint density at radius 2 is 1.90 bits per heavy atom. The largest absolute Gasteiger partial charge is 0.468 e. The van der Waals surface area contributed by atoms with Crippen LogP contribution < -0.4 is 5.32 Å². The molecule has 0 saturated carbocycles. The molecule has 3 heteroatoms. The van der Waals surface area contributed by atoms with Crippen LogP contribution >= 0.6 is 0 Å². The average molecular weight is 277 g/mol. The van der Waals surface area contributed by atoms with E-state index in [-0.39, 0.29) is 18.1 Å². The molecule has 0 heterocycles. The quantitative estimate of drug-likeness (QED) is 0.808. The van der Waals surface area contributed by atoms with E-state index in [1.165, 1.54) is 23.8 Å². The van der Waals surface area contributed by atoms with E-state index in [0.29, 0.717) is 5.92 Å². The van der Waals surface area contributed by atoms with E-state index in [9.17, 15) is 4.79 Å². The van der Waals surface area contributed by atoms with Gasteiger partial charge in [-0.2, -0.15) is 0 Å². The summed E-state index contributed by atoms with van der Waals surface area (Å²) < 4.78 is 4.90. The van der Waals surface area contributed by atoms with E-state index < -0.39 is 0 Å². The molecule has 0 amide bonds. The van der Waals surface area contributed by atoms with Crippen LogP contribution in [0.25, 0.3) is 0 Å². The van der Waals surface area contributed by atoms with E-state index in [4.69, 9.17) is 4.74 Å². The topological polar surface area (TPSA) is 38.3 Å². The molecule has 20 heavy (non-hydrogen) atoms. The van der Waals surface area contributed by atoms with Gasteiger partial charge in [-0.1, -0.05) is 37.6 Å². The molecule has 0 saturated heterocycles. The molecular formula is C17H27NO2. The highest BCUT2D eigenvalue weighted by Gasteiger charge is 2.23. The van der Waals surface area contributed by atoms with Crippen LogP contribution in [0.2, 0.25) is 0 Å². The highest BCUT2D eigenvalue weighted by Crippen LogP contribution is 2.20. The van der Waals surface area contributed by atoms with Crippen LogP contribution in [-0.2, 0) is 9.53 Å². The number of benzene rings is 1. The first-order chi connectivity index (χ1) is 9.35. The van der Waals surface area contributed by atoms with Crippen LogP contribution in [0.5, 0.6) is 0 Å². The van der Waals surface area contributed by atoms with E-state index in [1.54, 1.807) is 0 Å². The Balaban J connectivity index is 2.86. The van der Waals surface area contributed by atoms with Crippen molar-refractivity contribution in [2.75, 3.05) is 7.11 Å². The Labute approximate surface area is 122 Å². The second-order valence-electron chi connectivity index (χ2n) is 5.95. The lowest BCUT2D eigenvalue weighted by Gasteiger charge is -2.24. The fourth-order valence-electron chi connectivity index (χ4n) is 2.46. The Bertz CT molecular complexity index is 454. The SMILES string of the molecule is COC(=O)C(CC(C)C)NC(C)c1cc(C)ccc1C. The Hall–Kier alpha value is -1.35. The lowest BCUT2D eigenvalue weighted by atomic mass is 9.97. The van der Waals surface area contributed by atoms with Crippen molar-refractivity contribution < 1.29 is 9.53 Å². The van der Waals surface area contributed by atoms with Gasteiger partial charge in [0.05, 0.1) is 7.11 Å². The van der Waals surface area contributed by atoms with Gasteiger partial charge in [0, 0.05) is 6.04 Å². The van der Waals surface area contributed by atoms with Gasteiger partial charge in [-0.3, -0.25) is 10.1 Å². The number of methoxy groups -OCH3 is 1. The van der Waals surface area contributed by atoms with Crippen LogP contribution in [-0.4, -0.2) is 19.1 Å². The average Bonchev–Trinajstić information content (AvgIpc) is 2.39. The number of carbonyl (C=O) groups is 1. The Kier molecular flexibility index (Phi) is 6.21. The monoisotopic (exact) mass is 277 g/mol. The number of carbonyl (C=O) groups excluding carboxylic acids is 1. The predicted molar refractivity (Wildman–Crippen MR) is 82.7 cm³/mol. The first kappa shape index (κ1) is 16.7. The molecule has 0 aliphatic carbocycles. The van der Waals surface area contributed by atoms with Crippen molar-refractivity contribution in [1.82, 2.24) is 5.32 Å². The highest BCUT2D eigenvalue weighted by molar-refractivity contribution is 5.75. The molecule has 0 aliphatic heterocycles. The van der Waals surface area contributed by atoms with Crippen molar-refractivity contribution in [3.05, 3.63) is 34.9 Å². The van der Waals surface area contributed by atoms with Gasteiger partial charge in [-0.25, -0.2) is 0 Å². The molecule has 2 atom stereocenters. The maximum atomic E-state index is 11.9. The predicted octanol–water partition coefficient (Wildman–Crippen LogP) is 3.54. The summed E-state index contributed by atoms with van der Waals surface area (Å²) in [4.78, 5) is 11.9. The lowest BCUT2D eigenvalue weighted by Crippen LogP contribution is -2.40. The minimum Gasteiger partial charge on any atom is -0.468 e. The third-order valence-corrected chi connectivity index (χ3v) is 3.55. The number of hydrogen-bond donors (Lipinski definition) is 1. The van der Waals surface area contributed by atoms with Crippen LogP contribution in [0.15, 0.2) is 18.2 Å². The van der Waals surface area contributed by atoms with Crippen molar-refractivity contribution in [3.63, 3.8) is 0 Å². The number of nitrogens with one attached hydrogen (secondary N) is 1. The first-order valence-corrected chi connectivity index (χ1v) is 7.26. The van der Waals surface area contributed by atoms with Crippen molar-refractivity contribution in [1.29, 1.82) is 0 Å². The van der Waals surface area contributed by atoms with Crippen LogP contribution in [0.4, 0.5) is 0 Å². The molecule has 112 valence electrons. The lowest BCUT2D eigenvalue weighted by molar-refractivity contribution is -0.143. The molecule has 1 aromatic rings. The molecule has 0 spiro atoms.